The Hall–Kier alpha value is -2.43. The largest absolute Gasteiger partial charge is 0.491 e. The van der Waals surface area contributed by atoms with Crippen LogP contribution in [0.3, 0.4) is 0 Å². The van der Waals surface area contributed by atoms with Gasteiger partial charge >= 0.3 is 0 Å². The maximum Gasteiger partial charge on any atom is 0.255 e. The summed E-state index contributed by atoms with van der Waals surface area (Å²) < 4.78 is 31.3. The number of rotatable bonds is 4. The Morgan fingerprint density at radius 3 is 2.29 bits per heavy atom. The van der Waals surface area contributed by atoms with Crippen LogP contribution in [0.25, 0.3) is 0 Å². The number of halogens is 2. The molecule has 5 heteroatoms. The molecule has 0 atom stereocenters. The molecule has 0 fully saturated rings. The van der Waals surface area contributed by atoms with E-state index in [1.54, 1.807) is 24.3 Å². The lowest BCUT2D eigenvalue weighted by Gasteiger charge is -2.10. The molecule has 0 aliphatic rings. The third-order valence-electron chi connectivity index (χ3n) is 2.67. The molecule has 1 amide bonds. The van der Waals surface area contributed by atoms with Crippen molar-refractivity contribution in [3.8, 4) is 5.75 Å². The Morgan fingerprint density at radius 2 is 1.71 bits per heavy atom. The second kappa shape index (κ2) is 6.35. The number of amides is 1. The van der Waals surface area contributed by atoms with E-state index in [1.807, 2.05) is 13.8 Å². The highest BCUT2D eigenvalue weighted by Crippen LogP contribution is 2.17. The van der Waals surface area contributed by atoms with Crippen molar-refractivity contribution >= 4 is 11.6 Å². The Labute approximate surface area is 121 Å². The first kappa shape index (κ1) is 15.0. The molecule has 2 rings (SSSR count). The fourth-order valence-electron chi connectivity index (χ4n) is 1.73. The Balaban J connectivity index is 2.07. The van der Waals surface area contributed by atoms with Crippen molar-refractivity contribution in [2.45, 2.75) is 20.0 Å². The molecular formula is C16H15F2NO2. The smallest absolute Gasteiger partial charge is 0.255 e. The van der Waals surface area contributed by atoms with Crippen molar-refractivity contribution < 1.29 is 18.3 Å². The summed E-state index contributed by atoms with van der Waals surface area (Å²) in [7, 11) is 0. The van der Waals surface area contributed by atoms with E-state index in [4.69, 9.17) is 4.74 Å². The van der Waals surface area contributed by atoms with E-state index in [2.05, 4.69) is 5.32 Å². The van der Waals surface area contributed by atoms with Crippen LogP contribution in [0, 0.1) is 11.6 Å². The van der Waals surface area contributed by atoms with Gasteiger partial charge in [0.15, 0.2) is 11.6 Å². The molecule has 0 spiro atoms. The zero-order chi connectivity index (χ0) is 15.4. The minimum absolute atomic E-state index is 0.0480. The lowest BCUT2D eigenvalue weighted by molar-refractivity contribution is 0.102. The van der Waals surface area contributed by atoms with Crippen LogP contribution in [-0.2, 0) is 0 Å². The predicted molar refractivity (Wildman–Crippen MR) is 76.5 cm³/mol. The van der Waals surface area contributed by atoms with E-state index in [-0.39, 0.29) is 11.8 Å². The number of anilines is 1. The SMILES string of the molecule is CC(C)Oc1ccc(C(=O)Nc2ccc(F)c(F)c2)cc1. The van der Waals surface area contributed by atoms with Crippen molar-refractivity contribution in [1.29, 1.82) is 0 Å². The molecule has 0 aliphatic heterocycles. The van der Waals surface area contributed by atoms with Crippen molar-refractivity contribution in [2.75, 3.05) is 5.32 Å². The highest BCUT2D eigenvalue weighted by molar-refractivity contribution is 6.04. The van der Waals surface area contributed by atoms with E-state index in [9.17, 15) is 13.6 Å². The van der Waals surface area contributed by atoms with Gasteiger partial charge in [0.25, 0.3) is 5.91 Å². The summed E-state index contributed by atoms with van der Waals surface area (Å²) in [6.07, 6.45) is 0.0480. The molecule has 0 unspecified atom stereocenters. The molecule has 2 aromatic carbocycles. The first-order valence-corrected chi connectivity index (χ1v) is 6.49. The lowest BCUT2D eigenvalue weighted by Crippen LogP contribution is -2.12. The Morgan fingerprint density at radius 1 is 1.05 bits per heavy atom. The van der Waals surface area contributed by atoms with Gasteiger partial charge in [-0.3, -0.25) is 4.79 Å². The molecule has 3 nitrogen and oxygen atoms in total. The molecule has 1 N–H and O–H groups in total. The monoisotopic (exact) mass is 291 g/mol. The van der Waals surface area contributed by atoms with Gasteiger partial charge in [0.1, 0.15) is 5.75 Å². The predicted octanol–water partition coefficient (Wildman–Crippen LogP) is 4.00. The summed E-state index contributed by atoms with van der Waals surface area (Å²) in [5.74, 6) is -1.71. The lowest BCUT2D eigenvalue weighted by atomic mass is 10.2. The van der Waals surface area contributed by atoms with Gasteiger partial charge in [-0.25, -0.2) is 8.78 Å². The second-order valence-corrected chi connectivity index (χ2v) is 4.77. The average molecular weight is 291 g/mol. The van der Waals surface area contributed by atoms with Gasteiger partial charge in [-0.2, -0.15) is 0 Å². The highest BCUT2D eigenvalue weighted by atomic mass is 19.2. The molecular weight excluding hydrogens is 276 g/mol. The topological polar surface area (TPSA) is 38.3 Å². The van der Waals surface area contributed by atoms with E-state index in [1.165, 1.54) is 6.07 Å². The maximum absolute atomic E-state index is 13.1. The third kappa shape index (κ3) is 4.02. The molecule has 0 aromatic heterocycles. The van der Waals surface area contributed by atoms with Crippen LogP contribution in [0.4, 0.5) is 14.5 Å². The van der Waals surface area contributed by atoms with Crippen LogP contribution in [0.2, 0.25) is 0 Å². The van der Waals surface area contributed by atoms with Gasteiger partial charge in [0.2, 0.25) is 0 Å². The number of hydrogen-bond donors (Lipinski definition) is 1. The fraction of sp³-hybridized carbons (Fsp3) is 0.188. The number of carbonyl (C=O) groups is 1. The summed E-state index contributed by atoms with van der Waals surface area (Å²) in [6.45, 7) is 3.81. The van der Waals surface area contributed by atoms with Gasteiger partial charge in [-0.05, 0) is 50.2 Å². The number of ether oxygens (including phenoxy) is 1. The average Bonchev–Trinajstić information content (AvgIpc) is 2.43. The molecule has 110 valence electrons. The van der Waals surface area contributed by atoms with Gasteiger partial charge in [0, 0.05) is 17.3 Å². The normalized spacial score (nSPS) is 10.5. The molecule has 0 radical (unpaired) electrons. The van der Waals surface area contributed by atoms with E-state index < -0.39 is 17.5 Å². The number of benzene rings is 2. The van der Waals surface area contributed by atoms with Gasteiger partial charge in [-0.1, -0.05) is 0 Å². The second-order valence-electron chi connectivity index (χ2n) is 4.77. The van der Waals surface area contributed by atoms with Crippen molar-refractivity contribution in [3.63, 3.8) is 0 Å². The summed E-state index contributed by atoms with van der Waals surface area (Å²) in [6, 6.07) is 9.76. The minimum Gasteiger partial charge on any atom is -0.491 e. The number of hydrogen-bond acceptors (Lipinski definition) is 2. The number of nitrogens with one attached hydrogen (secondary N) is 1. The van der Waals surface area contributed by atoms with Crippen LogP contribution in [0.1, 0.15) is 24.2 Å². The van der Waals surface area contributed by atoms with Crippen LogP contribution >= 0.6 is 0 Å². The van der Waals surface area contributed by atoms with E-state index >= 15 is 0 Å². The number of carbonyl (C=O) groups excluding carboxylic acids is 1. The summed E-state index contributed by atoms with van der Waals surface area (Å²) in [5.41, 5.74) is 0.595. The summed E-state index contributed by atoms with van der Waals surface area (Å²) in [4.78, 5) is 12.0. The van der Waals surface area contributed by atoms with E-state index in [0.29, 0.717) is 11.3 Å². The molecule has 0 bridgehead atoms. The quantitative estimate of drug-likeness (QED) is 0.924. The highest BCUT2D eigenvalue weighted by Gasteiger charge is 2.09. The van der Waals surface area contributed by atoms with Crippen LogP contribution in [0.5, 0.6) is 5.75 Å². The fourth-order valence-corrected chi connectivity index (χ4v) is 1.73. The first-order valence-electron chi connectivity index (χ1n) is 6.49. The molecule has 0 saturated carbocycles. The molecule has 0 aliphatic carbocycles. The Kier molecular flexibility index (Phi) is 4.52. The zero-order valence-corrected chi connectivity index (χ0v) is 11.7. The summed E-state index contributed by atoms with van der Waals surface area (Å²) >= 11 is 0. The van der Waals surface area contributed by atoms with Gasteiger partial charge in [-0.15, -0.1) is 0 Å². The molecule has 2 aromatic rings. The zero-order valence-electron chi connectivity index (χ0n) is 11.7. The van der Waals surface area contributed by atoms with Crippen molar-refractivity contribution in [3.05, 3.63) is 59.7 Å². The third-order valence-corrected chi connectivity index (χ3v) is 2.67. The maximum atomic E-state index is 13.1. The minimum atomic E-state index is -1.01. The Bertz CT molecular complexity index is 639. The van der Waals surface area contributed by atoms with Gasteiger partial charge < -0.3 is 10.1 Å². The molecule has 21 heavy (non-hydrogen) atoms. The van der Waals surface area contributed by atoms with Crippen LogP contribution < -0.4 is 10.1 Å². The van der Waals surface area contributed by atoms with Crippen molar-refractivity contribution in [2.24, 2.45) is 0 Å². The van der Waals surface area contributed by atoms with Crippen LogP contribution in [0.15, 0.2) is 42.5 Å². The van der Waals surface area contributed by atoms with Crippen LogP contribution in [-0.4, -0.2) is 12.0 Å². The standard InChI is InChI=1S/C16H15F2NO2/c1-10(2)21-13-6-3-11(4-7-13)16(20)19-12-5-8-14(17)15(18)9-12/h3-10H,1-2H3,(H,19,20). The molecule has 0 saturated heterocycles. The molecule has 0 heterocycles. The van der Waals surface area contributed by atoms with Crippen molar-refractivity contribution in [1.82, 2.24) is 0 Å². The summed E-state index contributed by atoms with van der Waals surface area (Å²) in [5, 5.41) is 2.50. The van der Waals surface area contributed by atoms with Gasteiger partial charge in [0.05, 0.1) is 6.10 Å². The van der Waals surface area contributed by atoms with E-state index in [0.717, 1.165) is 12.1 Å². The first-order chi connectivity index (χ1) is 9.95.